The highest BCUT2D eigenvalue weighted by Gasteiger charge is 2.35. The molecule has 34 heavy (non-hydrogen) atoms. The van der Waals surface area contributed by atoms with Crippen LogP contribution in [-0.2, 0) is 6.54 Å². The first-order valence-electron chi connectivity index (χ1n) is 11.4. The number of nitrogens with two attached hydrogens (primary N) is 1. The fourth-order valence-corrected chi connectivity index (χ4v) is 4.81. The van der Waals surface area contributed by atoms with Crippen molar-refractivity contribution in [1.29, 1.82) is 0 Å². The Balaban J connectivity index is 1.65. The number of hydrogen-bond acceptors (Lipinski definition) is 6. The van der Waals surface area contributed by atoms with E-state index in [4.69, 9.17) is 15.2 Å². The lowest BCUT2D eigenvalue weighted by atomic mass is 10.1. The summed E-state index contributed by atoms with van der Waals surface area (Å²) < 4.78 is 12.9. The van der Waals surface area contributed by atoms with Crippen molar-refractivity contribution in [3.05, 3.63) is 41.3 Å². The van der Waals surface area contributed by atoms with Crippen molar-refractivity contribution in [2.24, 2.45) is 0 Å². The lowest BCUT2D eigenvalue weighted by Crippen LogP contribution is -2.37. The number of amides is 1. The number of anilines is 1. The summed E-state index contributed by atoms with van der Waals surface area (Å²) in [7, 11) is 3.21. The molecule has 1 unspecified atom stereocenters. The van der Waals surface area contributed by atoms with Crippen molar-refractivity contribution >= 4 is 22.9 Å². The number of rotatable bonds is 5. The summed E-state index contributed by atoms with van der Waals surface area (Å²) in [5.41, 5.74) is 9.67. The van der Waals surface area contributed by atoms with E-state index in [1.54, 1.807) is 20.3 Å². The summed E-state index contributed by atoms with van der Waals surface area (Å²) >= 11 is 0. The highest BCUT2D eigenvalue weighted by molar-refractivity contribution is 5.94. The predicted molar refractivity (Wildman–Crippen MR) is 127 cm³/mol. The van der Waals surface area contributed by atoms with E-state index in [1.165, 1.54) is 11.2 Å². The zero-order valence-corrected chi connectivity index (χ0v) is 19.2. The third kappa shape index (κ3) is 3.96. The van der Waals surface area contributed by atoms with Gasteiger partial charge in [-0.1, -0.05) is 11.8 Å². The Morgan fingerprint density at radius 2 is 1.88 bits per heavy atom. The van der Waals surface area contributed by atoms with Crippen molar-refractivity contribution in [1.82, 2.24) is 19.4 Å². The van der Waals surface area contributed by atoms with Crippen LogP contribution in [0.3, 0.4) is 0 Å². The van der Waals surface area contributed by atoms with Crippen LogP contribution in [-0.4, -0.2) is 57.4 Å². The van der Waals surface area contributed by atoms with Crippen LogP contribution in [0.5, 0.6) is 11.5 Å². The minimum absolute atomic E-state index is 0.106. The van der Waals surface area contributed by atoms with Crippen LogP contribution in [0.25, 0.3) is 11.0 Å². The van der Waals surface area contributed by atoms with Crippen molar-refractivity contribution in [2.45, 2.75) is 44.2 Å². The molecule has 0 radical (unpaired) electrons. The molecule has 3 N–H and O–H groups in total. The van der Waals surface area contributed by atoms with E-state index in [9.17, 15) is 9.90 Å². The Morgan fingerprint density at radius 3 is 2.53 bits per heavy atom. The number of nitrogens with zero attached hydrogens (tertiary/aromatic N) is 4. The Labute approximate surface area is 197 Å². The molecule has 1 aromatic carbocycles. The summed E-state index contributed by atoms with van der Waals surface area (Å²) in [5.74, 6) is 8.63. The number of hydrogen-bond donors (Lipinski definition) is 2. The van der Waals surface area contributed by atoms with Crippen LogP contribution in [0, 0.1) is 11.8 Å². The molecular formula is C25H27N5O4. The predicted octanol–water partition coefficient (Wildman–Crippen LogP) is 3.45. The van der Waals surface area contributed by atoms with Crippen LogP contribution in [0.1, 0.15) is 48.4 Å². The Hall–Kier alpha value is -3.93. The van der Waals surface area contributed by atoms with Gasteiger partial charge in [-0.15, -0.1) is 0 Å². The van der Waals surface area contributed by atoms with Gasteiger partial charge in [0.15, 0.2) is 0 Å². The molecule has 176 valence electrons. The van der Waals surface area contributed by atoms with Gasteiger partial charge in [0.2, 0.25) is 0 Å². The van der Waals surface area contributed by atoms with Gasteiger partial charge in [0, 0.05) is 36.3 Å². The maximum Gasteiger partial charge on any atom is 0.407 e. The summed E-state index contributed by atoms with van der Waals surface area (Å²) in [5, 5.41) is 10.4. The largest absolute Gasteiger partial charge is 0.497 e. The maximum absolute atomic E-state index is 11.7. The molecular weight excluding hydrogens is 434 g/mol. The Kier molecular flexibility index (Phi) is 5.65. The summed E-state index contributed by atoms with van der Waals surface area (Å²) in [4.78, 5) is 22.1. The van der Waals surface area contributed by atoms with Gasteiger partial charge in [-0.3, -0.25) is 0 Å². The number of methoxy groups -OCH3 is 2. The monoisotopic (exact) mass is 461 g/mol. The fraction of sp³-hybridized carbons (Fsp3) is 0.400. The Morgan fingerprint density at radius 1 is 1.15 bits per heavy atom. The van der Waals surface area contributed by atoms with Gasteiger partial charge in [-0.25, -0.2) is 14.8 Å². The number of nitrogen functional groups attached to an aromatic ring is 1. The summed E-state index contributed by atoms with van der Waals surface area (Å²) in [6, 6.07) is 5.41. The molecule has 1 amide bonds. The molecule has 0 bridgehead atoms. The van der Waals surface area contributed by atoms with Crippen LogP contribution in [0.15, 0.2) is 24.5 Å². The molecule has 1 aliphatic heterocycles. The lowest BCUT2D eigenvalue weighted by molar-refractivity contribution is 0.136. The van der Waals surface area contributed by atoms with Gasteiger partial charge >= 0.3 is 6.09 Å². The van der Waals surface area contributed by atoms with Gasteiger partial charge in [0.05, 0.1) is 31.2 Å². The number of fused-ring (bicyclic) bond motifs is 1. The quantitative estimate of drug-likeness (QED) is 0.559. The van der Waals surface area contributed by atoms with Gasteiger partial charge in [-0.05, 0) is 37.8 Å². The highest BCUT2D eigenvalue weighted by atomic mass is 16.5. The maximum atomic E-state index is 11.7. The average molecular weight is 462 g/mol. The SMILES string of the molecule is COc1cc(C#Cc2c(C3CC3)n(CC3CCCN3C(=O)O)c3ncnc(N)c23)cc(OC)c1. The van der Waals surface area contributed by atoms with Crippen LogP contribution >= 0.6 is 0 Å². The topological polar surface area (TPSA) is 116 Å². The minimum atomic E-state index is -0.881. The zero-order chi connectivity index (χ0) is 23.8. The number of aromatic nitrogens is 3. The molecule has 9 heteroatoms. The van der Waals surface area contributed by atoms with E-state index in [0.29, 0.717) is 42.0 Å². The van der Waals surface area contributed by atoms with E-state index in [1.807, 2.05) is 12.1 Å². The molecule has 9 nitrogen and oxygen atoms in total. The molecule has 3 aromatic rings. The summed E-state index contributed by atoms with van der Waals surface area (Å²) in [6.07, 6.45) is 4.36. The highest BCUT2D eigenvalue weighted by Crippen LogP contribution is 2.45. The molecule has 2 aromatic heterocycles. The average Bonchev–Trinajstić information content (AvgIpc) is 3.47. The number of carboxylic acid groups (broad SMARTS) is 1. The van der Waals surface area contributed by atoms with Crippen LogP contribution in [0.2, 0.25) is 0 Å². The second-order valence-corrected chi connectivity index (χ2v) is 8.73. The fourth-order valence-electron chi connectivity index (χ4n) is 4.81. The van der Waals surface area contributed by atoms with E-state index >= 15 is 0 Å². The molecule has 3 heterocycles. The molecule has 2 fully saturated rings. The smallest absolute Gasteiger partial charge is 0.407 e. The standard InChI is InChI=1S/C25H27N5O4/c1-33-18-10-15(11-19(12-18)34-2)5-8-20-21-23(26)27-14-28-24(21)30(22(20)16-6-7-16)13-17-4-3-9-29(17)25(31)32/h10-12,14,16-17H,3-4,6-7,9,13H2,1-2H3,(H,31,32)(H2,26,27,28). The molecule has 5 rings (SSSR count). The van der Waals surface area contributed by atoms with E-state index < -0.39 is 6.09 Å². The van der Waals surface area contributed by atoms with Crippen LogP contribution in [0.4, 0.5) is 10.6 Å². The third-order valence-corrected chi connectivity index (χ3v) is 6.57. The first-order valence-corrected chi connectivity index (χ1v) is 11.4. The minimum Gasteiger partial charge on any atom is -0.497 e. The van der Waals surface area contributed by atoms with Gasteiger partial charge in [0.1, 0.15) is 29.3 Å². The number of carbonyl (C=O) groups is 1. The first-order chi connectivity index (χ1) is 16.5. The first kappa shape index (κ1) is 21.9. The van der Waals surface area contributed by atoms with Gasteiger partial charge in [-0.2, -0.15) is 0 Å². The second kappa shape index (κ2) is 8.78. The van der Waals surface area contributed by atoms with Crippen molar-refractivity contribution in [2.75, 3.05) is 26.5 Å². The van der Waals surface area contributed by atoms with E-state index in [0.717, 1.165) is 47.9 Å². The molecule has 1 saturated heterocycles. The molecule has 1 saturated carbocycles. The number of likely N-dealkylation sites (tertiary alicyclic amines) is 1. The van der Waals surface area contributed by atoms with Crippen molar-refractivity contribution in [3.8, 4) is 23.3 Å². The second-order valence-electron chi connectivity index (χ2n) is 8.73. The van der Waals surface area contributed by atoms with E-state index in [2.05, 4.69) is 26.4 Å². The van der Waals surface area contributed by atoms with Crippen molar-refractivity contribution in [3.63, 3.8) is 0 Å². The molecule has 0 spiro atoms. The number of benzene rings is 1. The Bertz CT molecular complexity index is 1300. The third-order valence-electron chi connectivity index (χ3n) is 6.57. The van der Waals surface area contributed by atoms with Crippen molar-refractivity contribution < 1.29 is 19.4 Å². The molecule has 2 aliphatic rings. The van der Waals surface area contributed by atoms with Gasteiger partial charge in [0.25, 0.3) is 0 Å². The lowest BCUT2D eigenvalue weighted by Gasteiger charge is -2.23. The summed E-state index contributed by atoms with van der Waals surface area (Å²) in [6.45, 7) is 1.08. The number of ether oxygens (including phenoxy) is 2. The molecule has 1 aliphatic carbocycles. The normalized spacial score (nSPS) is 17.5. The molecule has 1 atom stereocenters. The van der Waals surface area contributed by atoms with Gasteiger partial charge < -0.3 is 29.8 Å². The zero-order valence-electron chi connectivity index (χ0n) is 19.2. The van der Waals surface area contributed by atoms with Crippen LogP contribution < -0.4 is 15.2 Å². The van der Waals surface area contributed by atoms with E-state index in [-0.39, 0.29) is 6.04 Å².